The van der Waals surface area contributed by atoms with Crippen LogP contribution in [0.3, 0.4) is 0 Å². The van der Waals surface area contributed by atoms with Gasteiger partial charge in [0.2, 0.25) is 10.0 Å². The van der Waals surface area contributed by atoms with Crippen LogP contribution in [-0.2, 0) is 16.6 Å². The van der Waals surface area contributed by atoms with Gasteiger partial charge in [-0.1, -0.05) is 36.2 Å². The highest BCUT2D eigenvalue weighted by Gasteiger charge is 2.28. The molecule has 1 amide bonds. The summed E-state index contributed by atoms with van der Waals surface area (Å²) in [5.74, 6) is 0.278. The first-order valence-corrected chi connectivity index (χ1v) is 11.5. The van der Waals surface area contributed by atoms with Crippen LogP contribution in [0.4, 0.5) is 0 Å². The topological polar surface area (TPSA) is 84.9 Å². The Balaban J connectivity index is 1.80. The number of nitrogens with one attached hydrogen (secondary N) is 1. The van der Waals surface area contributed by atoms with Crippen molar-refractivity contribution in [2.45, 2.75) is 30.7 Å². The maximum Gasteiger partial charge on any atom is 0.251 e. The molecule has 0 radical (unpaired) electrons. The first-order valence-electron chi connectivity index (χ1n) is 9.66. The summed E-state index contributed by atoms with van der Waals surface area (Å²) in [6.45, 7) is 1.11. The lowest BCUT2D eigenvalue weighted by Gasteiger charge is -2.26. The van der Waals surface area contributed by atoms with Gasteiger partial charge in [0.1, 0.15) is 0 Å². The average Bonchev–Trinajstić information content (AvgIpc) is 2.77. The molecule has 9 heteroatoms. The maximum absolute atomic E-state index is 13.1. The summed E-state index contributed by atoms with van der Waals surface area (Å²) in [6.07, 6.45) is 2.76. The van der Waals surface area contributed by atoms with Gasteiger partial charge in [0.15, 0.2) is 11.5 Å². The van der Waals surface area contributed by atoms with Crippen molar-refractivity contribution in [2.75, 3.05) is 27.3 Å². The van der Waals surface area contributed by atoms with E-state index in [1.54, 1.807) is 24.3 Å². The molecule has 2 aromatic rings. The molecule has 1 heterocycles. The number of halogens is 1. The van der Waals surface area contributed by atoms with Gasteiger partial charge in [0.25, 0.3) is 5.91 Å². The molecule has 1 aliphatic heterocycles. The smallest absolute Gasteiger partial charge is 0.251 e. The Hall–Kier alpha value is -2.29. The Morgan fingerprint density at radius 1 is 1.10 bits per heavy atom. The monoisotopic (exact) mass is 452 g/mol. The molecule has 1 aliphatic rings. The molecular formula is C21H25ClN2O5S. The Morgan fingerprint density at radius 2 is 1.80 bits per heavy atom. The van der Waals surface area contributed by atoms with E-state index in [4.69, 9.17) is 21.1 Å². The maximum atomic E-state index is 13.1. The summed E-state index contributed by atoms with van der Waals surface area (Å²) in [6, 6.07) is 9.74. The normalized spacial score (nSPS) is 14.9. The summed E-state index contributed by atoms with van der Waals surface area (Å²) in [4.78, 5) is 12.9. The third-order valence-corrected chi connectivity index (χ3v) is 7.32. The average molecular weight is 453 g/mol. The Bertz CT molecular complexity index is 1020. The van der Waals surface area contributed by atoms with Crippen molar-refractivity contribution >= 4 is 27.5 Å². The van der Waals surface area contributed by atoms with Gasteiger partial charge in [-0.15, -0.1) is 0 Å². The number of sulfonamides is 1. The predicted octanol–water partition coefficient (Wildman–Crippen LogP) is 3.46. The fraction of sp³-hybridized carbons (Fsp3) is 0.381. The number of hydrogen-bond donors (Lipinski definition) is 1. The third kappa shape index (κ3) is 4.71. The number of rotatable bonds is 7. The minimum atomic E-state index is -3.61. The van der Waals surface area contributed by atoms with Crippen molar-refractivity contribution in [2.24, 2.45) is 0 Å². The first kappa shape index (κ1) is 22.4. The van der Waals surface area contributed by atoms with Crippen LogP contribution in [0.1, 0.15) is 35.2 Å². The number of carbonyl (C=O) groups is 1. The van der Waals surface area contributed by atoms with Gasteiger partial charge in [-0.2, -0.15) is 4.31 Å². The van der Waals surface area contributed by atoms with E-state index in [1.165, 1.54) is 30.7 Å². The van der Waals surface area contributed by atoms with Crippen molar-refractivity contribution in [3.05, 3.63) is 52.5 Å². The lowest BCUT2D eigenvalue weighted by Crippen LogP contribution is -2.36. The van der Waals surface area contributed by atoms with Crippen LogP contribution in [0.15, 0.2) is 41.3 Å². The molecule has 1 saturated heterocycles. The van der Waals surface area contributed by atoms with Crippen molar-refractivity contribution in [1.29, 1.82) is 0 Å². The van der Waals surface area contributed by atoms with E-state index in [2.05, 4.69) is 5.32 Å². The molecule has 0 saturated carbocycles. The standard InChI is InChI=1S/C21H25ClN2O5S/c1-28-18-13-16(12-17(22)20(18)29-2)21(25)23-14-15-8-4-5-9-19(15)30(26,27)24-10-6-3-7-11-24/h4-5,8-9,12-13H,3,6-7,10-11,14H2,1-2H3,(H,23,25). The Labute approximate surface area is 182 Å². The zero-order chi connectivity index (χ0) is 21.7. The van der Waals surface area contributed by atoms with Crippen molar-refractivity contribution in [1.82, 2.24) is 9.62 Å². The largest absolute Gasteiger partial charge is 0.493 e. The SMILES string of the molecule is COc1cc(C(=O)NCc2ccccc2S(=O)(=O)N2CCCCC2)cc(Cl)c1OC. The predicted molar refractivity (Wildman–Crippen MR) is 115 cm³/mol. The molecular weight excluding hydrogens is 428 g/mol. The number of hydrogen-bond acceptors (Lipinski definition) is 5. The number of nitrogens with zero attached hydrogens (tertiary/aromatic N) is 1. The van der Waals surface area contributed by atoms with Gasteiger partial charge in [-0.05, 0) is 36.6 Å². The van der Waals surface area contributed by atoms with E-state index >= 15 is 0 Å². The zero-order valence-electron chi connectivity index (χ0n) is 17.0. The van der Waals surface area contributed by atoms with Gasteiger partial charge in [-0.3, -0.25) is 4.79 Å². The quantitative estimate of drug-likeness (QED) is 0.695. The van der Waals surface area contributed by atoms with Gasteiger partial charge < -0.3 is 14.8 Å². The second-order valence-corrected chi connectivity index (χ2v) is 9.26. The van der Waals surface area contributed by atoms with Crippen LogP contribution in [0, 0.1) is 0 Å². The molecule has 1 N–H and O–H groups in total. The summed E-state index contributed by atoms with van der Waals surface area (Å²) in [7, 11) is -0.690. The summed E-state index contributed by atoms with van der Waals surface area (Å²) < 4.78 is 38.1. The lowest BCUT2D eigenvalue weighted by molar-refractivity contribution is 0.0950. The number of methoxy groups -OCH3 is 2. The molecule has 162 valence electrons. The van der Waals surface area contributed by atoms with E-state index < -0.39 is 15.9 Å². The molecule has 0 spiro atoms. The fourth-order valence-corrected chi connectivity index (χ4v) is 5.50. The van der Waals surface area contributed by atoms with Crippen molar-refractivity contribution in [3.63, 3.8) is 0 Å². The highest BCUT2D eigenvalue weighted by molar-refractivity contribution is 7.89. The van der Waals surface area contributed by atoms with Crippen LogP contribution in [0.5, 0.6) is 11.5 Å². The molecule has 30 heavy (non-hydrogen) atoms. The van der Waals surface area contributed by atoms with Crippen molar-refractivity contribution < 1.29 is 22.7 Å². The van der Waals surface area contributed by atoms with Gasteiger partial charge >= 0.3 is 0 Å². The highest BCUT2D eigenvalue weighted by Crippen LogP contribution is 2.36. The number of carbonyl (C=O) groups excluding carboxylic acids is 1. The number of benzene rings is 2. The second-order valence-electron chi connectivity index (χ2n) is 6.95. The van der Waals surface area contributed by atoms with E-state index in [0.29, 0.717) is 30.2 Å². The minimum Gasteiger partial charge on any atom is -0.493 e. The molecule has 0 atom stereocenters. The van der Waals surface area contributed by atoms with E-state index in [0.717, 1.165) is 19.3 Å². The number of piperidine rings is 1. The minimum absolute atomic E-state index is 0.0635. The number of ether oxygens (including phenoxy) is 2. The second kappa shape index (κ2) is 9.68. The Kier molecular flexibility index (Phi) is 7.23. The van der Waals surface area contributed by atoms with Crippen LogP contribution >= 0.6 is 11.6 Å². The van der Waals surface area contributed by atoms with Crippen molar-refractivity contribution in [3.8, 4) is 11.5 Å². The highest BCUT2D eigenvalue weighted by atomic mass is 35.5. The molecule has 2 aromatic carbocycles. The molecule has 0 aliphatic carbocycles. The molecule has 0 unspecified atom stereocenters. The molecule has 7 nitrogen and oxygen atoms in total. The molecule has 0 aromatic heterocycles. The lowest BCUT2D eigenvalue weighted by atomic mass is 10.1. The number of amides is 1. The van der Waals surface area contributed by atoms with E-state index in [9.17, 15) is 13.2 Å². The van der Waals surface area contributed by atoms with Crippen LogP contribution in [0.2, 0.25) is 5.02 Å². The zero-order valence-corrected chi connectivity index (χ0v) is 18.6. The van der Waals surface area contributed by atoms with Gasteiger partial charge in [0.05, 0.1) is 24.1 Å². The third-order valence-electron chi connectivity index (χ3n) is 5.04. The van der Waals surface area contributed by atoms with Crippen LogP contribution < -0.4 is 14.8 Å². The summed E-state index contributed by atoms with van der Waals surface area (Å²) >= 11 is 6.18. The molecule has 3 rings (SSSR count). The summed E-state index contributed by atoms with van der Waals surface area (Å²) in [5.41, 5.74) is 0.817. The van der Waals surface area contributed by atoms with E-state index in [1.807, 2.05) is 0 Å². The van der Waals surface area contributed by atoms with E-state index in [-0.39, 0.29) is 22.0 Å². The molecule has 1 fully saturated rings. The Morgan fingerprint density at radius 3 is 2.47 bits per heavy atom. The van der Waals surface area contributed by atoms with Gasteiger partial charge in [-0.25, -0.2) is 8.42 Å². The van der Waals surface area contributed by atoms with Gasteiger partial charge in [0, 0.05) is 25.2 Å². The summed E-state index contributed by atoms with van der Waals surface area (Å²) in [5, 5.41) is 3.02. The first-order chi connectivity index (χ1) is 14.4. The van der Waals surface area contributed by atoms with Crippen LogP contribution in [-0.4, -0.2) is 45.9 Å². The fourth-order valence-electron chi connectivity index (χ4n) is 3.47. The van der Waals surface area contributed by atoms with Crippen LogP contribution in [0.25, 0.3) is 0 Å². The molecule has 0 bridgehead atoms.